The van der Waals surface area contributed by atoms with Crippen LogP contribution in [0.15, 0.2) is 54.6 Å². The predicted octanol–water partition coefficient (Wildman–Crippen LogP) is 3.62. The zero-order valence-corrected chi connectivity index (χ0v) is 11.2. The average Bonchev–Trinajstić information content (AvgIpc) is 2.39. The summed E-state index contributed by atoms with van der Waals surface area (Å²) in [5.41, 5.74) is 1.94. The lowest BCUT2D eigenvalue weighted by Gasteiger charge is -2.19. The van der Waals surface area contributed by atoms with E-state index in [1.807, 2.05) is 37.3 Å². The highest BCUT2D eigenvalue weighted by atomic mass is 16.3. The minimum Gasteiger partial charge on any atom is -0.508 e. The minimum atomic E-state index is -1.06. The van der Waals surface area contributed by atoms with Crippen molar-refractivity contribution < 1.29 is 10.2 Å². The van der Waals surface area contributed by atoms with Crippen LogP contribution in [-0.2, 0) is 5.60 Å². The molecule has 1 unspecified atom stereocenters. The van der Waals surface area contributed by atoms with Gasteiger partial charge in [0.05, 0.1) is 0 Å². The van der Waals surface area contributed by atoms with Crippen LogP contribution in [0.4, 0.5) is 0 Å². The summed E-state index contributed by atoms with van der Waals surface area (Å²) in [7, 11) is 0. The van der Waals surface area contributed by atoms with Gasteiger partial charge in [-0.3, -0.25) is 0 Å². The molecule has 98 valence electrons. The summed E-state index contributed by atoms with van der Waals surface area (Å²) in [5, 5.41) is 19.7. The highest BCUT2D eigenvalue weighted by Crippen LogP contribution is 2.25. The molecule has 2 aromatic carbocycles. The molecule has 0 radical (unpaired) electrons. The third-order valence-electron chi connectivity index (χ3n) is 3.13. The van der Waals surface area contributed by atoms with Gasteiger partial charge in [-0.1, -0.05) is 48.0 Å². The van der Waals surface area contributed by atoms with Crippen LogP contribution in [0.3, 0.4) is 0 Å². The van der Waals surface area contributed by atoms with Crippen LogP contribution in [0.5, 0.6) is 5.75 Å². The van der Waals surface area contributed by atoms with E-state index in [0.717, 1.165) is 11.1 Å². The van der Waals surface area contributed by atoms with Crippen molar-refractivity contribution in [1.29, 1.82) is 0 Å². The van der Waals surface area contributed by atoms with E-state index in [9.17, 15) is 10.2 Å². The topological polar surface area (TPSA) is 40.5 Å². The lowest BCUT2D eigenvalue weighted by Crippen LogP contribution is -2.17. The van der Waals surface area contributed by atoms with Gasteiger partial charge in [-0.15, -0.1) is 0 Å². The molecule has 0 bridgehead atoms. The maximum absolute atomic E-state index is 10.4. The van der Waals surface area contributed by atoms with Gasteiger partial charge in [0, 0.05) is 0 Å². The van der Waals surface area contributed by atoms with Crippen molar-refractivity contribution >= 4 is 6.08 Å². The van der Waals surface area contributed by atoms with Crippen molar-refractivity contribution in [3.05, 3.63) is 71.3 Å². The fourth-order valence-electron chi connectivity index (χ4n) is 1.83. The van der Waals surface area contributed by atoms with Crippen molar-refractivity contribution in [2.24, 2.45) is 0 Å². The van der Waals surface area contributed by atoms with Crippen LogP contribution in [0.2, 0.25) is 0 Å². The Hall–Kier alpha value is -2.06. The zero-order valence-electron chi connectivity index (χ0n) is 11.2. The normalized spacial score (nSPS) is 14.5. The molecule has 0 heterocycles. The number of phenols is 1. The van der Waals surface area contributed by atoms with Gasteiger partial charge < -0.3 is 10.2 Å². The van der Waals surface area contributed by atoms with Crippen molar-refractivity contribution in [1.82, 2.24) is 0 Å². The molecule has 19 heavy (non-hydrogen) atoms. The van der Waals surface area contributed by atoms with Crippen LogP contribution in [0, 0.1) is 6.92 Å². The molecule has 0 aliphatic heterocycles. The smallest absolute Gasteiger partial charge is 0.115 e. The fraction of sp³-hybridized carbons (Fsp3) is 0.176. The van der Waals surface area contributed by atoms with E-state index >= 15 is 0 Å². The number of hydrogen-bond acceptors (Lipinski definition) is 2. The molecule has 1 atom stereocenters. The SMILES string of the molecule is Cc1ccc(C=CC(C)(O)c2ccc(O)cc2)cc1. The summed E-state index contributed by atoms with van der Waals surface area (Å²) in [6.07, 6.45) is 3.65. The Labute approximate surface area is 113 Å². The molecule has 0 aliphatic rings. The maximum atomic E-state index is 10.4. The van der Waals surface area contributed by atoms with E-state index < -0.39 is 5.60 Å². The van der Waals surface area contributed by atoms with Crippen LogP contribution in [0.25, 0.3) is 6.08 Å². The minimum absolute atomic E-state index is 0.196. The summed E-state index contributed by atoms with van der Waals surface area (Å²) in [6, 6.07) is 14.7. The second-order valence-corrected chi connectivity index (χ2v) is 4.94. The molecule has 0 amide bonds. The Bertz CT molecular complexity index is 563. The Kier molecular flexibility index (Phi) is 3.72. The van der Waals surface area contributed by atoms with Crippen LogP contribution < -0.4 is 0 Å². The standard InChI is InChI=1S/C17H18O2/c1-13-3-5-14(6-4-13)11-12-17(2,19)15-7-9-16(18)10-8-15/h3-12,18-19H,1-2H3. The van der Waals surface area contributed by atoms with Gasteiger partial charge >= 0.3 is 0 Å². The molecule has 2 aromatic rings. The summed E-state index contributed by atoms with van der Waals surface area (Å²) in [4.78, 5) is 0. The van der Waals surface area contributed by atoms with Crippen LogP contribution in [-0.4, -0.2) is 10.2 Å². The van der Waals surface area contributed by atoms with Gasteiger partial charge in [0.1, 0.15) is 11.4 Å². The Morgan fingerprint density at radius 2 is 1.53 bits per heavy atom. The van der Waals surface area contributed by atoms with E-state index in [1.165, 1.54) is 5.56 Å². The van der Waals surface area contributed by atoms with Crippen molar-refractivity contribution in [3.8, 4) is 5.75 Å². The van der Waals surface area contributed by atoms with Gasteiger partial charge in [-0.2, -0.15) is 0 Å². The summed E-state index contributed by atoms with van der Waals surface area (Å²) in [6.45, 7) is 3.77. The third kappa shape index (κ3) is 3.46. The van der Waals surface area contributed by atoms with Gasteiger partial charge in [-0.25, -0.2) is 0 Å². The average molecular weight is 254 g/mol. The second-order valence-electron chi connectivity index (χ2n) is 4.94. The van der Waals surface area contributed by atoms with E-state index in [-0.39, 0.29) is 5.75 Å². The lowest BCUT2D eigenvalue weighted by atomic mass is 9.94. The molecule has 2 rings (SSSR count). The highest BCUT2D eigenvalue weighted by molar-refractivity contribution is 5.52. The summed E-state index contributed by atoms with van der Waals surface area (Å²) in [5.74, 6) is 0.196. The van der Waals surface area contributed by atoms with E-state index in [1.54, 1.807) is 37.3 Å². The second kappa shape index (κ2) is 5.29. The zero-order chi connectivity index (χ0) is 13.9. The summed E-state index contributed by atoms with van der Waals surface area (Å²) >= 11 is 0. The van der Waals surface area contributed by atoms with E-state index in [4.69, 9.17) is 0 Å². The molecule has 0 saturated carbocycles. The molecule has 0 saturated heterocycles. The van der Waals surface area contributed by atoms with Crippen LogP contribution in [0.1, 0.15) is 23.6 Å². The molecular formula is C17H18O2. The van der Waals surface area contributed by atoms with Crippen molar-refractivity contribution in [2.75, 3.05) is 0 Å². The molecule has 0 fully saturated rings. The number of hydrogen-bond donors (Lipinski definition) is 2. The molecule has 2 nitrogen and oxygen atoms in total. The highest BCUT2D eigenvalue weighted by Gasteiger charge is 2.18. The first-order chi connectivity index (χ1) is 8.97. The number of benzene rings is 2. The fourth-order valence-corrected chi connectivity index (χ4v) is 1.83. The molecule has 0 spiro atoms. The molecule has 2 N–H and O–H groups in total. The Balaban J connectivity index is 2.20. The van der Waals surface area contributed by atoms with Crippen LogP contribution >= 0.6 is 0 Å². The van der Waals surface area contributed by atoms with E-state index in [0.29, 0.717) is 0 Å². The van der Waals surface area contributed by atoms with Gasteiger partial charge in [0.2, 0.25) is 0 Å². The molecule has 2 heteroatoms. The number of aliphatic hydroxyl groups is 1. The quantitative estimate of drug-likeness (QED) is 0.878. The number of phenolic OH excluding ortho intramolecular Hbond substituents is 1. The van der Waals surface area contributed by atoms with Gasteiger partial charge in [0.15, 0.2) is 0 Å². The molecule has 0 aromatic heterocycles. The predicted molar refractivity (Wildman–Crippen MR) is 77.9 cm³/mol. The number of rotatable bonds is 3. The van der Waals surface area contributed by atoms with Gasteiger partial charge in [0.25, 0.3) is 0 Å². The number of aromatic hydroxyl groups is 1. The molecule has 0 aliphatic carbocycles. The maximum Gasteiger partial charge on any atom is 0.115 e. The Morgan fingerprint density at radius 1 is 0.947 bits per heavy atom. The third-order valence-corrected chi connectivity index (χ3v) is 3.13. The first-order valence-electron chi connectivity index (χ1n) is 6.25. The first-order valence-corrected chi connectivity index (χ1v) is 6.25. The monoisotopic (exact) mass is 254 g/mol. The number of aryl methyl sites for hydroxylation is 1. The summed E-state index contributed by atoms with van der Waals surface area (Å²) < 4.78 is 0. The first kappa shape index (κ1) is 13.4. The molecular weight excluding hydrogens is 236 g/mol. The van der Waals surface area contributed by atoms with Crippen molar-refractivity contribution in [2.45, 2.75) is 19.4 Å². The Morgan fingerprint density at radius 3 is 2.11 bits per heavy atom. The largest absolute Gasteiger partial charge is 0.508 e. The lowest BCUT2D eigenvalue weighted by molar-refractivity contribution is 0.112. The van der Waals surface area contributed by atoms with E-state index in [2.05, 4.69) is 0 Å². The van der Waals surface area contributed by atoms with Gasteiger partial charge in [-0.05, 0) is 43.2 Å². The van der Waals surface area contributed by atoms with Crippen molar-refractivity contribution in [3.63, 3.8) is 0 Å².